The lowest BCUT2D eigenvalue weighted by Gasteiger charge is -2.02. The van der Waals surface area contributed by atoms with Crippen molar-refractivity contribution in [1.29, 1.82) is 0 Å². The highest BCUT2D eigenvalue weighted by Crippen LogP contribution is 2.22. The number of thiophene rings is 1. The van der Waals surface area contributed by atoms with Crippen LogP contribution in [0.4, 0.5) is 0 Å². The second-order valence-electron chi connectivity index (χ2n) is 3.11. The van der Waals surface area contributed by atoms with E-state index < -0.39 is 0 Å². The molecule has 0 aromatic carbocycles. The van der Waals surface area contributed by atoms with Gasteiger partial charge >= 0.3 is 0 Å². The van der Waals surface area contributed by atoms with E-state index in [4.69, 9.17) is 0 Å². The molecule has 2 aromatic heterocycles. The summed E-state index contributed by atoms with van der Waals surface area (Å²) in [6.07, 6.45) is 1.73. The first kappa shape index (κ1) is 11.9. The van der Waals surface area contributed by atoms with Crippen LogP contribution in [0.2, 0.25) is 0 Å². The van der Waals surface area contributed by atoms with Gasteiger partial charge in [0.1, 0.15) is 5.69 Å². The van der Waals surface area contributed by atoms with Crippen molar-refractivity contribution in [2.75, 3.05) is 0 Å². The van der Waals surface area contributed by atoms with Crippen molar-refractivity contribution >= 4 is 49.1 Å². The number of hydrogen-bond donors (Lipinski definition) is 2. The average Bonchev–Trinajstić information content (AvgIpc) is 2.84. The van der Waals surface area contributed by atoms with E-state index in [1.54, 1.807) is 23.6 Å². The second kappa shape index (κ2) is 5.16. The third-order valence-electron chi connectivity index (χ3n) is 1.99. The molecule has 6 heteroatoms. The molecule has 0 radical (unpaired) electrons. The molecule has 0 bridgehead atoms. The monoisotopic (exact) mass is 362 g/mol. The summed E-state index contributed by atoms with van der Waals surface area (Å²) >= 11 is 8.32. The number of aromatic amines is 1. The summed E-state index contributed by atoms with van der Waals surface area (Å²) in [5, 5.41) is 4.83. The molecule has 1 amide bonds. The van der Waals surface area contributed by atoms with E-state index in [0.717, 1.165) is 13.8 Å². The van der Waals surface area contributed by atoms with Crippen molar-refractivity contribution in [2.24, 2.45) is 0 Å². The van der Waals surface area contributed by atoms with E-state index in [-0.39, 0.29) is 5.91 Å². The van der Waals surface area contributed by atoms with Gasteiger partial charge in [0.15, 0.2) is 0 Å². The Morgan fingerprint density at radius 1 is 1.50 bits per heavy atom. The van der Waals surface area contributed by atoms with E-state index in [0.29, 0.717) is 12.2 Å². The normalized spacial score (nSPS) is 10.4. The summed E-state index contributed by atoms with van der Waals surface area (Å²) in [4.78, 5) is 15.7. The molecule has 0 aliphatic rings. The molecule has 3 nitrogen and oxygen atoms in total. The number of H-pyrrole nitrogens is 1. The summed E-state index contributed by atoms with van der Waals surface area (Å²) in [7, 11) is 0. The minimum absolute atomic E-state index is 0.106. The third kappa shape index (κ3) is 2.75. The number of rotatable bonds is 3. The quantitative estimate of drug-likeness (QED) is 0.860. The van der Waals surface area contributed by atoms with Gasteiger partial charge in [-0.1, -0.05) is 0 Å². The first-order valence-electron chi connectivity index (χ1n) is 4.51. The third-order valence-corrected chi connectivity index (χ3v) is 4.38. The minimum atomic E-state index is -0.106. The summed E-state index contributed by atoms with van der Waals surface area (Å²) in [6, 6.07) is 3.72. The Morgan fingerprint density at radius 2 is 2.31 bits per heavy atom. The molecule has 0 fully saturated rings. The van der Waals surface area contributed by atoms with Crippen LogP contribution in [0.3, 0.4) is 0 Å². The van der Waals surface area contributed by atoms with Gasteiger partial charge in [-0.2, -0.15) is 0 Å². The smallest absolute Gasteiger partial charge is 0.268 e. The first-order chi connectivity index (χ1) is 7.66. The number of halogens is 2. The molecule has 16 heavy (non-hydrogen) atoms. The number of carbonyl (C=O) groups excluding carboxylic acids is 1. The molecule has 84 valence electrons. The Hall–Kier alpha value is -0.590. The van der Waals surface area contributed by atoms with Gasteiger partial charge < -0.3 is 10.3 Å². The molecule has 0 saturated heterocycles. The van der Waals surface area contributed by atoms with E-state index >= 15 is 0 Å². The summed E-state index contributed by atoms with van der Waals surface area (Å²) in [5.41, 5.74) is 0.555. The summed E-state index contributed by atoms with van der Waals surface area (Å²) in [5.74, 6) is -0.106. The van der Waals surface area contributed by atoms with Crippen molar-refractivity contribution in [3.8, 4) is 0 Å². The molecule has 0 saturated carbocycles. The zero-order valence-corrected chi connectivity index (χ0v) is 12.1. The van der Waals surface area contributed by atoms with Crippen molar-refractivity contribution in [3.63, 3.8) is 0 Å². The maximum absolute atomic E-state index is 11.7. The second-order valence-corrected chi connectivity index (χ2v) is 5.88. The van der Waals surface area contributed by atoms with E-state index in [1.807, 2.05) is 11.4 Å². The maximum Gasteiger partial charge on any atom is 0.268 e. The van der Waals surface area contributed by atoms with Crippen LogP contribution in [-0.4, -0.2) is 10.9 Å². The van der Waals surface area contributed by atoms with Gasteiger partial charge in [0.05, 0.1) is 6.54 Å². The highest BCUT2D eigenvalue weighted by Gasteiger charge is 2.08. The average molecular weight is 364 g/mol. The van der Waals surface area contributed by atoms with Gasteiger partial charge in [-0.15, -0.1) is 11.3 Å². The van der Waals surface area contributed by atoms with Gasteiger partial charge in [-0.3, -0.25) is 4.79 Å². The summed E-state index contributed by atoms with van der Waals surface area (Å²) < 4.78 is 1.90. The van der Waals surface area contributed by atoms with Gasteiger partial charge in [0.25, 0.3) is 5.91 Å². The highest BCUT2D eigenvalue weighted by atomic mass is 79.9. The Balaban J connectivity index is 1.96. The van der Waals surface area contributed by atoms with Crippen LogP contribution in [0.25, 0.3) is 0 Å². The highest BCUT2D eigenvalue weighted by molar-refractivity contribution is 9.10. The van der Waals surface area contributed by atoms with E-state index in [1.165, 1.54) is 0 Å². The molecule has 2 aromatic rings. The number of aromatic nitrogens is 1. The molecule has 0 spiro atoms. The minimum Gasteiger partial charge on any atom is -0.356 e. The molecule has 2 N–H and O–H groups in total. The van der Waals surface area contributed by atoms with Crippen LogP contribution in [0.1, 0.15) is 15.4 Å². The predicted molar refractivity (Wildman–Crippen MR) is 71.7 cm³/mol. The molecule has 0 atom stereocenters. The van der Waals surface area contributed by atoms with Crippen LogP contribution in [0.15, 0.2) is 32.7 Å². The SMILES string of the molecule is O=C(NCc1sccc1Br)c1cc(Br)c[nH]1. The molecule has 0 unspecified atom stereocenters. The fraction of sp³-hybridized carbons (Fsp3) is 0.100. The van der Waals surface area contributed by atoms with Crippen molar-refractivity contribution in [1.82, 2.24) is 10.3 Å². The van der Waals surface area contributed by atoms with E-state index in [9.17, 15) is 4.79 Å². The van der Waals surface area contributed by atoms with E-state index in [2.05, 4.69) is 42.2 Å². The fourth-order valence-electron chi connectivity index (χ4n) is 1.21. The molecule has 0 aliphatic carbocycles. The number of hydrogen-bond acceptors (Lipinski definition) is 2. The Morgan fingerprint density at radius 3 is 2.88 bits per heavy atom. The van der Waals surface area contributed by atoms with Crippen LogP contribution in [-0.2, 0) is 6.54 Å². The zero-order chi connectivity index (χ0) is 11.5. The Kier molecular flexibility index (Phi) is 3.83. The van der Waals surface area contributed by atoms with Crippen LogP contribution in [0.5, 0.6) is 0 Å². The van der Waals surface area contributed by atoms with Crippen LogP contribution in [0, 0.1) is 0 Å². The molecular formula is C10H8Br2N2OS. The number of amides is 1. The lowest BCUT2D eigenvalue weighted by Crippen LogP contribution is -2.22. The maximum atomic E-state index is 11.7. The van der Waals surface area contributed by atoms with Gasteiger partial charge in [0, 0.05) is 20.0 Å². The first-order valence-corrected chi connectivity index (χ1v) is 6.97. The zero-order valence-electron chi connectivity index (χ0n) is 8.09. The lowest BCUT2D eigenvalue weighted by molar-refractivity contribution is 0.0947. The predicted octanol–water partition coefficient (Wildman–Crippen LogP) is 3.53. The Bertz CT molecular complexity index is 506. The number of nitrogens with one attached hydrogen (secondary N) is 2. The molecule has 2 rings (SSSR count). The standard InChI is InChI=1S/C10H8Br2N2OS/c11-6-3-8(13-4-6)10(15)14-5-9-7(12)1-2-16-9/h1-4,13H,5H2,(H,14,15). The summed E-state index contributed by atoms with van der Waals surface area (Å²) in [6.45, 7) is 0.535. The van der Waals surface area contributed by atoms with Gasteiger partial charge in [0.2, 0.25) is 0 Å². The van der Waals surface area contributed by atoms with Crippen LogP contribution < -0.4 is 5.32 Å². The van der Waals surface area contributed by atoms with Gasteiger partial charge in [-0.05, 0) is 49.4 Å². The van der Waals surface area contributed by atoms with Crippen LogP contribution >= 0.6 is 43.2 Å². The Labute approximate surface area is 114 Å². The number of carbonyl (C=O) groups is 1. The van der Waals surface area contributed by atoms with Crippen molar-refractivity contribution in [2.45, 2.75) is 6.54 Å². The van der Waals surface area contributed by atoms with Crippen molar-refractivity contribution < 1.29 is 4.79 Å². The molecule has 2 heterocycles. The topological polar surface area (TPSA) is 44.9 Å². The fourth-order valence-corrected chi connectivity index (χ4v) is 2.98. The lowest BCUT2D eigenvalue weighted by atomic mass is 10.4. The largest absolute Gasteiger partial charge is 0.356 e. The molecular weight excluding hydrogens is 356 g/mol. The molecule has 0 aliphatic heterocycles. The van der Waals surface area contributed by atoms with Gasteiger partial charge in [-0.25, -0.2) is 0 Å². The van der Waals surface area contributed by atoms with Crippen molar-refractivity contribution in [3.05, 3.63) is 43.2 Å².